The van der Waals surface area contributed by atoms with Crippen LogP contribution in [0.25, 0.3) is 0 Å². The second kappa shape index (κ2) is 13.2. The Morgan fingerprint density at radius 1 is 0.926 bits per heavy atom. The predicted octanol–water partition coefficient (Wildman–Crippen LogP) is 5.62. The average Bonchev–Trinajstić information content (AvgIpc) is 2.63. The van der Waals surface area contributed by atoms with Crippen molar-refractivity contribution in [2.24, 2.45) is 0 Å². The Kier molecular flexibility index (Phi) is 11.2. The van der Waals surface area contributed by atoms with Crippen molar-refractivity contribution in [1.82, 2.24) is 0 Å². The van der Waals surface area contributed by atoms with E-state index >= 15 is 0 Å². The van der Waals surface area contributed by atoms with Crippen LogP contribution in [0.5, 0.6) is 11.5 Å². The second-order valence-corrected chi connectivity index (χ2v) is 6.74. The highest BCUT2D eigenvalue weighted by Crippen LogP contribution is 2.33. The molecule has 4 heteroatoms. The summed E-state index contributed by atoms with van der Waals surface area (Å²) in [6, 6.07) is 4.06. The molecule has 1 rings (SSSR count). The molecule has 0 aromatic heterocycles. The van der Waals surface area contributed by atoms with Crippen molar-refractivity contribution in [3.63, 3.8) is 0 Å². The van der Waals surface area contributed by atoms with Crippen molar-refractivity contribution in [2.45, 2.75) is 46.5 Å². The van der Waals surface area contributed by atoms with Gasteiger partial charge in [-0.1, -0.05) is 29.4 Å². The molecule has 0 aliphatic carbocycles. The summed E-state index contributed by atoms with van der Waals surface area (Å²) < 4.78 is 21.8. The molecule has 1 aromatic carbocycles. The lowest BCUT2D eigenvalue weighted by Gasteiger charge is -2.17. The van der Waals surface area contributed by atoms with Gasteiger partial charge in [0.25, 0.3) is 0 Å². The Bertz CT molecular complexity index is 611. The molecule has 150 valence electrons. The van der Waals surface area contributed by atoms with Gasteiger partial charge in [0.2, 0.25) is 0 Å². The van der Waals surface area contributed by atoms with Gasteiger partial charge in [-0.05, 0) is 64.2 Å². The summed E-state index contributed by atoms with van der Waals surface area (Å²) in [7, 11) is 3.23. The van der Waals surface area contributed by atoms with Crippen molar-refractivity contribution in [2.75, 3.05) is 27.8 Å². The van der Waals surface area contributed by atoms with Gasteiger partial charge in [0.05, 0.1) is 0 Å². The molecule has 0 saturated heterocycles. The molecule has 0 radical (unpaired) electrons. The van der Waals surface area contributed by atoms with E-state index in [9.17, 15) is 0 Å². The first-order chi connectivity index (χ1) is 13.0. The quantitative estimate of drug-likeness (QED) is 0.332. The minimum absolute atomic E-state index is 0.192. The average molecular weight is 375 g/mol. The number of hydrogen-bond donors (Lipinski definition) is 0. The minimum atomic E-state index is 0.192. The molecule has 0 fully saturated rings. The van der Waals surface area contributed by atoms with Crippen molar-refractivity contribution >= 4 is 0 Å². The summed E-state index contributed by atoms with van der Waals surface area (Å²) in [4.78, 5) is 0. The van der Waals surface area contributed by atoms with E-state index in [1.807, 2.05) is 18.2 Å². The molecule has 0 spiro atoms. The molecule has 0 heterocycles. The van der Waals surface area contributed by atoms with Crippen molar-refractivity contribution in [3.05, 3.63) is 59.2 Å². The lowest BCUT2D eigenvalue weighted by Crippen LogP contribution is -2.07. The maximum atomic E-state index is 5.82. The van der Waals surface area contributed by atoms with Crippen LogP contribution in [0.4, 0.5) is 0 Å². The van der Waals surface area contributed by atoms with Gasteiger partial charge in [0.1, 0.15) is 11.5 Å². The van der Waals surface area contributed by atoms with Crippen LogP contribution in [0.2, 0.25) is 0 Å². The number of ether oxygens (including phenoxy) is 4. The highest BCUT2D eigenvalue weighted by atomic mass is 16.7. The molecule has 0 aliphatic heterocycles. The van der Waals surface area contributed by atoms with E-state index in [0.29, 0.717) is 0 Å². The zero-order valence-corrected chi connectivity index (χ0v) is 17.5. The van der Waals surface area contributed by atoms with E-state index < -0.39 is 0 Å². The third kappa shape index (κ3) is 8.94. The monoisotopic (exact) mass is 374 g/mol. The van der Waals surface area contributed by atoms with Crippen molar-refractivity contribution in [1.29, 1.82) is 0 Å². The Morgan fingerprint density at radius 3 is 2.00 bits per heavy atom. The SMILES string of the molecule is C=CCc1cc(OCOC)c(C/C=C(\C)CCC=C(C)C)c(OCOC)c1. The largest absolute Gasteiger partial charge is 0.467 e. The molecule has 0 bridgehead atoms. The number of benzene rings is 1. The van der Waals surface area contributed by atoms with Gasteiger partial charge in [-0.2, -0.15) is 0 Å². The zero-order valence-electron chi connectivity index (χ0n) is 17.5. The van der Waals surface area contributed by atoms with E-state index in [-0.39, 0.29) is 13.6 Å². The second-order valence-electron chi connectivity index (χ2n) is 6.74. The number of methoxy groups -OCH3 is 2. The van der Waals surface area contributed by atoms with Crippen LogP contribution in [0.1, 0.15) is 44.7 Å². The molecular formula is C23H34O4. The molecule has 1 aromatic rings. The first-order valence-corrected chi connectivity index (χ1v) is 9.31. The maximum absolute atomic E-state index is 5.82. The van der Waals surface area contributed by atoms with Gasteiger partial charge in [-0.25, -0.2) is 0 Å². The normalized spacial score (nSPS) is 11.2. The summed E-state index contributed by atoms with van der Waals surface area (Å²) in [6.07, 6.45) is 9.94. The molecule has 0 aliphatic rings. The molecule has 0 saturated carbocycles. The molecular weight excluding hydrogens is 340 g/mol. The summed E-state index contributed by atoms with van der Waals surface area (Å²) in [5, 5.41) is 0. The Balaban J connectivity index is 3.10. The van der Waals surface area contributed by atoms with Gasteiger partial charge in [0.15, 0.2) is 13.6 Å². The van der Waals surface area contributed by atoms with E-state index in [1.165, 1.54) is 11.1 Å². The van der Waals surface area contributed by atoms with E-state index in [4.69, 9.17) is 18.9 Å². The van der Waals surface area contributed by atoms with Crippen LogP contribution < -0.4 is 9.47 Å². The molecule has 27 heavy (non-hydrogen) atoms. The first kappa shape index (κ1) is 23.0. The van der Waals surface area contributed by atoms with E-state index in [0.717, 1.165) is 48.3 Å². The fraction of sp³-hybridized carbons (Fsp3) is 0.478. The lowest BCUT2D eigenvalue weighted by molar-refractivity contribution is 0.0447. The Hall–Kier alpha value is -2.04. The highest BCUT2D eigenvalue weighted by Gasteiger charge is 2.13. The maximum Gasteiger partial charge on any atom is 0.188 e. The summed E-state index contributed by atoms with van der Waals surface area (Å²) in [5.41, 5.74) is 4.78. The summed E-state index contributed by atoms with van der Waals surface area (Å²) >= 11 is 0. The standard InChI is InChI=1S/C23H34O4/c1-7-9-20-14-22(26-16-24-5)21(23(15-20)27-17-25-6)13-12-19(4)11-8-10-18(2)3/h7,10,12,14-15H,1,8-9,11,13,16-17H2,2-6H3/b19-12+. The van der Waals surface area contributed by atoms with Gasteiger partial charge in [-0.3, -0.25) is 0 Å². The van der Waals surface area contributed by atoms with Gasteiger partial charge < -0.3 is 18.9 Å². The van der Waals surface area contributed by atoms with Crippen LogP contribution in [0.3, 0.4) is 0 Å². The number of allylic oxidation sites excluding steroid dienone is 5. The first-order valence-electron chi connectivity index (χ1n) is 9.31. The van der Waals surface area contributed by atoms with E-state index in [1.54, 1.807) is 14.2 Å². The van der Waals surface area contributed by atoms with Crippen LogP contribution in [-0.4, -0.2) is 27.8 Å². The molecule has 4 nitrogen and oxygen atoms in total. The van der Waals surface area contributed by atoms with Crippen LogP contribution in [0.15, 0.2) is 48.1 Å². The van der Waals surface area contributed by atoms with Crippen LogP contribution >= 0.6 is 0 Å². The zero-order chi connectivity index (χ0) is 20.1. The third-order valence-electron chi connectivity index (χ3n) is 4.02. The number of rotatable bonds is 13. The van der Waals surface area contributed by atoms with Crippen molar-refractivity contribution in [3.8, 4) is 11.5 Å². The predicted molar refractivity (Wildman–Crippen MR) is 111 cm³/mol. The summed E-state index contributed by atoms with van der Waals surface area (Å²) in [5.74, 6) is 1.55. The van der Waals surface area contributed by atoms with Gasteiger partial charge in [0, 0.05) is 19.8 Å². The van der Waals surface area contributed by atoms with Crippen LogP contribution in [-0.2, 0) is 22.3 Å². The topological polar surface area (TPSA) is 36.9 Å². The Morgan fingerprint density at radius 2 is 1.52 bits per heavy atom. The molecule has 0 unspecified atom stereocenters. The fourth-order valence-electron chi connectivity index (χ4n) is 2.63. The third-order valence-corrected chi connectivity index (χ3v) is 4.02. The fourth-order valence-corrected chi connectivity index (χ4v) is 2.63. The summed E-state index contributed by atoms with van der Waals surface area (Å²) in [6.45, 7) is 10.6. The highest BCUT2D eigenvalue weighted by molar-refractivity contribution is 5.49. The van der Waals surface area contributed by atoms with Gasteiger partial charge in [-0.15, -0.1) is 6.58 Å². The smallest absolute Gasteiger partial charge is 0.188 e. The van der Waals surface area contributed by atoms with Crippen molar-refractivity contribution < 1.29 is 18.9 Å². The lowest BCUT2D eigenvalue weighted by atomic mass is 10.0. The van der Waals surface area contributed by atoms with Gasteiger partial charge >= 0.3 is 0 Å². The molecule has 0 N–H and O–H groups in total. The minimum Gasteiger partial charge on any atom is -0.467 e. The molecule has 0 amide bonds. The molecule has 0 atom stereocenters. The van der Waals surface area contributed by atoms with E-state index in [2.05, 4.69) is 39.5 Å². The van der Waals surface area contributed by atoms with Crippen LogP contribution in [0, 0.1) is 0 Å². The number of hydrogen-bond acceptors (Lipinski definition) is 4. The Labute approximate surface area is 164 Å².